The number of hydrogen-bond donors (Lipinski definition) is 0. The molecule has 0 N–H and O–H groups in total. The van der Waals surface area contributed by atoms with Gasteiger partial charge in [-0.2, -0.15) is 0 Å². The fourth-order valence-electron chi connectivity index (χ4n) is 3.17. The van der Waals surface area contributed by atoms with Gasteiger partial charge in [0.1, 0.15) is 0 Å². The van der Waals surface area contributed by atoms with E-state index in [-0.39, 0.29) is 5.91 Å². The number of aryl methyl sites for hydroxylation is 1. The zero-order valence-corrected chi connectivity index (χ0v) is 13.0. The SMILES string of the molecule is Cc1ccc(C(=O)N2CC[C@@H]3COCCN(C)[C@@H]3C2)s1. The maximum atomic E-state index is 12.6. The summed E-state index contributed by atoms with van der Waals surface area (Å²) in [6, 6.07) is 4.42. The highest BCUT2D eigenvalue weighted by molar-refractivity contribution is 7.13. The highest BCUT2D eigenvalue weighted by Gasteiger charge is 2.35. The summed E-state index contributed by atoms with van der Waals surface area (Å²) < 4.78 is 5.67. The molecule has 3 heterocycles. The number of thiophene rings is 1. The van der Waals surface area contributed by atoms with E-state index >= 15 is 0 Å². The Hall–Kier alpha value is -0.910. The molecule has 110 valence electrons. The van der Waals surface area contributed by atoms with Gasteiger partial charge in [-0.15, -0.1) is 11.3 Å². The fraction of sp³-hybridized carbons (Fsp3) is 0.667. The van der Waals surface area contributed by atoms with Crippen LogP contribution in [0.2, 0.25) is 0 Å². The summed E-state index contributed by atoms with van der Waals surface area (Å²) in [6.07, 6.45) is 1.05. The van der Waals surface area contributed by atoms with Crippen molar-refractivity contribution < 1.29 is 9.53 Å². The summed E-state index contributed by atoms with van der Waals surface area (Å²) >= 11 is 1.59. The minimum Gasteiger partial charge on any atom is -0.380 e. The zero-order valence-electron chi connectivity index (χ0n) is 12.2. The Balaban J connectivity index is 1.72. The van der Waals surface area contributed by atoms with Crippen molar-refractivity contribution in [1.29, 1.82) is 0 Å². The summed E-state index contributed by atoms with van der Waals surface area (Å²) in [5.74, 6) is 0.761. The molecule has 2 fully saturated rings. The normalized spacial score (nSPS) is 28.0. The van der Waals surface area contributed by atoms with Gasteiger partial charge in [0.15, 0.2) is 0 Å². The fourth-order valence-corrected chi connectivity index (χ4v) is 4.01. The second-order valence-corrected chi connectivity index (χ2v) is 7.12. The maximum Gasteiger partial charge on any atom is 0.263 e. The number of carbonyl (C=O) groups is 1. The molecular formula is C15H22N2O2S. The van der Waals surface area contributed by atoms with Crippen LogP contribution in [0.1, 0.15) is 21.0 Å². The summed E-state index contributed by atoms with van der Waals surface area (Å²) in [4.78, 5) is 19.0. The van der Waals surface area contributed by atoms with E-state index < -0.39 is 0 Å². The number of piperidine rings is 1. The largest absolute Gasteiger partial charge is 0.380 e. The number of fused-ring (bicyclic) bond motifs is 1. The van der Waals surface area contributed by atoms with Crippen LogP contribution in [0.5, 0.6) is 0 Å². The van der Waals surface area contributed by atoms with Gasteiger partial charge in [0, 0.05) is 36.5 Å². The average molecular weight is 294 g/mol. The monoisotopic (exact) mass is 294 g/mol. The Labute approximate surface area is 124 Å². The molecule has 4 nitrogen and oxygen atoms in total. The lowest BCUT2D eigenvalue weighted by molar-refractivity contribution is 0.0437. The molecule has 0 bridgehead atoms. The lowest BCUT2D eigenvalue weighted by Crippen LogP contribution is -2.53. The first-order valence-electron chi connectivity index (χ1n) is 7.29. The average Bonchev–Trinajstić information content (AvgIpc) is 2.80. The number of nitrogens with zero attached hydrogens (tertiary/aromatic N) is 2. The van der Waals surface area contributed by atoms with E-state index in [1.165, 1.54) is 4.88 Å². The topological polar surface area (TPSA) is 32.8 Å². The van der Waals surface area contributed by atoms with Crippen molar-refractivity contribution in [3.63, 3.8) is 0 Å². The molecule has 1 aromatic rings. The predicted octanol–water partition coefficient (Wildman–Crippen LogP) is 1.85. The van der Waals surface area contributed by atoms with Crippen LogP contribution in [0.4, 0.5) is 0 Å². The molecule has 20 heavy (non-hydrogen) atoms. The van der Waals surface area contributed by atoms with Gasteiger partial charge in [-0.1, -0.05) is 0 Å². The third-order valence-electron chi connectivity index (χ3n) is 4.45. The quantitative estimate of drug-likeness (QED) is 0.792. The molecule has 0 aliphatic carbocycles. The molecule has 5 heteroatoms. The Morgan fingerprint density at radius 2 is 2.25 bits per heavy atom. The molecule has 2 atom stereocenters. The van der Waals surface area contributed by atoms with Crippen molar-refractivity contribution in [1.82, 2.24) is 9.80 Å². The van der Waals surface area contributed by atoms with Crippen molar-refractivity contribution in [2.24, 2.45) is 5.92 Å². The van der Waals surface area contributed by atoms with Crippen molar-refractivity contribution in [3.05, 3.63) is 21.9 Å². The molecule has 2 aliphatic rings. The smallest absolute Gasteiger partial charge is 0.263 e. The predicted molar refractivity (Wildman–Crippen MR) is 80.3 cm³/mol. The molecule has 0 unspecified atom stereocenters. The molecule has 0 radical (unpaired) electrons. The van der Waals surface area contributed by atoms with E-state index in [2.05, 4.69) is 11.9 Å². The van der Waals surface area contributed by atoms with Crippen LogP contribution < -0.4 is 0 Å². The Morgan fingerprint density at radius 1 is 1.40 bits per heavy atom. The highest BCUT2D eigenvalue weighted by Crippen LogP contribution is 2.26. The van der Waals surface area contributed by atoms with Gasteiger partial charge in [-0.05, 0) is 32.5 Å². The molecule has 1 amide bonds. The van der Waals surface area contributed by atoms with Gasteiger partial charge in [-0.25, -0.2) is 0 Å². The van der Waals surface area contributed by atoms with Crippen molar-refractivity contribution in [2.75, 3.05) is 39.9 Å². The minimum atomic E-state index is 0.195. The molecule has 0 saturated carbocycles. The Kier molecular flexibility index (Phi) is 4.10. The first kappa shape index (κ1) is 14.0. The van der Waals surface area contributed by atoms with Gasteiger partial charge in [0.2, 0.25) is 0 Å². The van der Waals surface area contributed by atoms with E-state index in [1.807, 2.05) is 24.0 Å². The summed E-state index contributed by atoms with van der Waals surface area (Å²) in [5.41, 5.74) is 0. The summed E-state index contributed by atoms with van der Waals surface area (Å²) in [7, 11) is 2.15. The maximum absolute atomic E-state index is 12.6. The molecule has 0 spiro atoms. The van der Waals surface area contributed by atoms with Crippen molar-refractivity contribution >= 4 is 17.2 Å². The highest BCUT2D eigenvalue weighted by atomic mass is 32.1. The van der Waals surface area contributed by atoms with E-state index in [4.69, 9.17) is 4.74 Å². The van der Waals surface area contributed by atoms with Gasteiger partial charge < -0.3 is 9.64 Å². The summed E-state index contributed by atoms with van der Waals surface area (Å²) in [6.45, 7) is 6.34. The van der Waals surface area contributed by atoms with E-state index in [1.54, 1.807) is 11.3 Å². The zero-order chi connectivity index (χ0) is 14.1. The van der Waals surface area contributed by atoms with Crippen LogP contribution in [0, 0.1) is 12.8 Å². The Morgan fingerprint density at radius 3 is 3.00 bits per heavy atom. The standard InChI is InChI=1S/C15H22N2O2S/c1-11-3-4-14(20-11)15(18)17-6-5-12-10-19-8-7-16(2)13(12)9-17/h3-4,12-13H,5-10H2,1-2H3/t12-,13-/m1/s1. The number of rotatable bonds is 1. The van der Waals surface area contributed by atoms with Gasteiger partial charge >= 0.3 is 0 Å². The molecule has 0 aromatic carbocycles. The third kappa shape index (κ3) is 2.75. The van der Waals surface area contributed by atoms with Gasteiger partial charge in [-0.3, -0.25) is 9.69 Å². The van der Waals surface area contributed by atoms with Gasteiger partial charge in [0.05, 0.1) is 18.1 Å². The second-order valence-electron chi connectivity index (χ2n) is 5.83. The first-order valence-corrected chi connectivity index (χ1v) is 8.10. The van der Waals surface area contributed by atoms with E-state index in [0.717, 1.165) is 44.1 Å². The number of likely N-dealkylation sites (tertiary alicyclic amines) is 1. The van der Waals surface area contributed by atoms with Gasteiger partial charge in [0.25, 0.3) is 5.91 Å². The lowest BCUT2D eigenvalue weighted by Gasteiger charge is -2.41. The number of hydrogen-bond acceptors (Lipinski definition) is 4. The molecule has 1 aromatic heterocycles. The van der Waals surface area contributed by atoms with Crippen LogP contribution in [-0.2, 0) is 4.74 Å². The van der Waals surface area contributed by atoms with Crippen LogP contribution in [0.3, 0.4) is 0 Å². The van der Waals surface area contributed by atoms with Crippen molar-refractivity contribution in [3.8, 4) is 0 Å². The third-order valence-corrected chi connectivity index (χ3v) is 5.43. The number of likely N-dealkylation sites (N-methyl/N-ethyl adjacent to an activating group) is 1. The second kappa shape index (κ2) is 5.84. The molecular weight excluding hydrogens is 272 g/mol. The van der Waals surface area contributed by atoms with E-state index in [0.29, 0.717) is 12.0 Å². The molecule has 3 rings (SSSR count). The first-order chi connectivity index (χ1) is 9.65. The minimum absolute atomic E-state index is 0.195. The van der Waals surface area contributed by atoms with Crippen LogP contribution in [0.15, 0.2) is 12.1 Å². The number of amides is 1. The van der Waals surface area contributed by atoms with Crippen LogP contribution >= 0.6 is 11.3 Å². The lowest BCUT2D eigenvalue weighted by atomic mass is 9.91. The molecule has 2 saturated heterocycles. The summed E-state index contributed by atoms with van der Waals surface area (Å²) in [5, 5.41) is 0. The number of ether oxygens (including phenoxy) is 1. The Bertz CT molecular complexity index is 488. The van der Waals surface area contributed by atoms with E-state index in [9.17, 15) is 4.79 Å². The van der Waals surface area contributed by atoms with Crippen molar-refractivity contribution in [2.45, 2.75) is 19.4 Å². The molecule has 2 aliphatic heterocycles. The number of carbonyl (C=O) groups excluding carboxylic acids is 1. The van der Waals surface area contributed by atoms with Crippen LogP contribution in [0.25, 0.3) is 0 Å². The van der Waals surface area contributed by atoms with Crippen LogP contribution in [-0.4, -0.2) is 61.6 Å².